The van der Waals surface area contributed by atoms with E-state index in [4.69, 9.17) is 4.42 Å². The molecule has 0 aliphatic carbocycles. The third kappa shape index (κ3) is 3.76. The largest absolute Gasteiger partial charge is 0.456 e. The molecule has 3 nitrogen and oxygen atoms in total. The van der Waals surface area contributed by atoms with Gasteiger partial charge in [-0.25, -0.2) is 0 Å². The van der Waals surface area contributed by atoms with Crippen molar-refractivity contribution in [1.82, 2.24) is 0 Å². The van der Waals surface area contributed by atoms with Crippen LogP contribution in [-0.2, 0) is 10.2 Å². The monoisotopic (exact) mass is 500 g/mol. The van der Waals surface area contributed by atoms with Gasteiger partial charge in [-0.15, -0.1) is 0 Å². The molecule has 5 aromatic carbocycles. The first-order valence-electron chi connectivity index (χ1n) is 12.2. The molecule has 0 aliphatic heterocycles. The lowest BCUT2D eigenvalue weighted by molar-refractivity contribution is 0.102. The van der Waals surface area contributed by atoms with Crippen molar-refractivity contribution in [3.05, 3.63) is 162 Å². The Morgan fingerprint density at radius 2 is 0.946 bits per heavy atom. The Labute approximate surface area is 216 Å². The number of hydrogen-bond donors (Lipinski definition) is 1. The smallest absolute Gasteiger partial charge is 0.175 e. The van der Waals surface area contributed by atoms with Gasteiger partial charge in [-0.3, -0.25) is 0 Å². The van der Waals surface area contributed by atoms with Gasteiger partial charge in [0.25, 0.3) is 0 Å². The number of benzene rings is 5. The molecule has 0 saturated carbocycles. The van der Waals surface area contributed by atoms with Crippen molar-refractivity contribution < 1.29 is 14.1 Å². The molecule has 180 valence electrons. The summed E-state index contributed by atoms with van der Waals surface area (Å²) in [5.41, 5.74) is 0.157. The normalized spacial score (nSPS) is 12.0. The predicted octanol–water partition coefficient (Wildman–Crippen LogP) is 6.36. The molecule has 0 amide bonds. The highest BCUT2D eigenvalue weighted by molar-refractivity contribution is 7.85. The summed E-state index contributed by atoms with van der Waals surface area (Å²) in [5, 5.41) is 15.3. The average molecular weight is 501 g/mol. The third-order valence-electron chi connectivity index (χ3n) is 6.84. The summed E-state index contributed by atoms with van der Waals surface area (Å²) in [7, 11) is -3.50. The summed E-state index contributed by atoms with van der Waals surface area (Å²) in [6, 6.07) is 45.4. The second-order valence-electron chi connectivity index (χ2n) is 9.00. The Balaban J connectivity index is 1.78. The molecular weight excluding hydrogens is 475 g/mol. The molecule has 4 heteroatoms. The highest BCUT2D eigenvalue weighted by Crippen LogP contribution is 2.50. The summed E-state index contributed by atoms with van der Waals surface area (Å²) in [4.78, 5) is 0. The maximum atomic E-state index is 15.7. The molecule has 6 aromatic rings. The van der Waals surface area contributed by atoms with Crippen molar-refractivity contribution in [3.63, 3.8) is 0 Å². The topological polar surface area (TPSA) is 50.4 Å². The third-order valence-corrected chi connectivity index (χ3v) is 9.96. The summed E-state index contributed by atoms with van der Waals surface area (Å²) in [6.07, 6.45) is 0. The molecule has 0 radical (unpaired) electrons. The van der Waals surface area contributed by atoms with Crippen LogP contribution in [0.3, 0.4) is 0 Å². The number of para-hydroxylation sites is 1. The lowest BCUT2D eigenvalue weighted by Gasteiger charge is -2.30. The van der Waals surface area contributed by atoms with Crippen LogP contribution in [-0.4, -0.2) is 5.11 Å². The van der Waals surface area contributed by atoms with E-state index in [1.807, 2.05) is 146 Å². The van der Waals surface area contributed by atoms with E-state index < -0.39 is 12.7 Å². The molecule has 0 saturated heterocycles. The van der Waals surface area contributed by atoms with Crippen LogP contribution in [0.4, 0.5) is 0 Å². The second-order valence-corrected chi connectivity index (χ2v) is 11.7. The molecule has 37 heavy (non-hydrogen) atoms. The Kier molecular flexibility index (Phi) is 5.88. The minimum absolute atomic E-state index is 0.266. The van der Waals surface area contributed by atoms with Crippen molar-refractivity contribution in [3.8, 4) is 0 Å². The molecule has 0 atom stereocenters. The fourth-order valence-corrected chi connectivity index (χ4v) is 8.08. The van der Waals surface area contributed by atoms with E-state index >= 15 is 4.57 Å². The molecule has 1 N–H and O–H groups in total. The summed E-state index contributed by atoms with van der Waals surface area (Å²) in [5.74, 6) is 0.266. The summed E-state index contributed by atoms with van der Waals surface area (Å²) in [6.45, 7) is 0. The maximum absolute atomic E-state index is 15.7. The fraction of sp³-hybridized carbons (Fsp3) is 0.0303. The van der Waals surface area contributed by atoms with E-state index in [9.17, 15) is 5.11 Å². The number of rotatable bonds is 6. The van der Waals surface area contributed by atoms with Gasteiger partial charge >= 0.3 is 0 Å². The first-order valence-corrected chi connectivity index (χ1v) is 13.9. The molecule has 0 spiro atoms. The van der Waals surface area contributed by atoms with Crippen LogP contribution in [0.5, 0.6) is 0 Å². The van der Waals surface area contributed by atoms with Crippen LogP contribution in [0.25, 0.3) is 11.0 Å². The molecule has 1 aromatic heterocycles. The van der Waals surface area contributed by atoms with Gasteiger partial charge in [-0.1, -0.05) is 140 Å². The standard InChI is InChI=1S/C33H25O3P/c34-33(25-15-5-1-6-16-25,26-17-7-2-8-18-26)32-31(29-23-13-14-24-30(29)36-32)37(35,27-19-9-3-10-20-27)28-21-11-4-12-22-28/h1-24,34H. The van der Waals surface area contributed by atoms with Crippen LogP contribution in [0.2, 0.25) is 0 Å². The van der Waals surface area contributed by atoms with Crippen molar-refractivity contribution in [2.24, 2.45) is 0 Å². The minimum Gasteiger partial charge on any atom is -0.456 e. The van der Waals surface area contributed by atoms with E-state index in [0.29, 0.717) is 32.6 Å². The first-order chi connectivity index (χ1) is 18.1. The van der Waals surface area contributed by atoms with Gasteiger partial charge in [0.05, 0.1) is 5.30 Å². The maximum Gasteiger partial charge on any atom is 0.175 e. The van der Waals surface area contributed by atoms with Crippen LogP contribution in [0, 0.1) is 0 Å². The van der Waals surface area contributed by atoms with Gasteiger partial charge in [-0.05, 0) is 17.2 Å². The predicted molar refractivity (Wildman–Crippen MR) is 151 cm³/mol. The summed E-state index contributed by atoms with van der Waals surface area (Å²) >= 11 is 0. The Hall–Kier alpha value is -4.17. The van der Waals surface area contributed by atoms with Crippen molar-refractivity contribution >= 4 is 34.0 Å². The fourth-order valence-electron chi connectivity index (χ4n) is 5.06. The van der Waals surface area contributed by atoms with Crippen LogP contribution in [0.1, 0.15) is 16.9 Å². The zero-order valence-corrected chi connectivity index (χ0v) is 21.0. The molecule has 0 fully saturated rings. The van der Waals surface area contributed by atoms with E-state index in [0.717, 1.165) is 5.39 Å². The summed E-state index contributed by atoms with van der Waals surface area (Å²) < 4.78 is 22.2. The van der Waals surface area contributed by atoms with Gasteiger partial charge in [0.15, 0.2) is 18.5 Å². The van der Waals surface area contributed by atoms with Crippen LogP contribution in [0.15, 0.2) is 150 Å². The highest BCUT2D eigenvalue weighted by Gasteiger charge is 2.46. The Morgan fingerprint density at radius 3 is 1.43 bits per heavy atom. The lowest BCUT2D eigenvalue weighted by Crippen LogP contribution is -2.36. The molecule has 6 rings (SSSR count). The van der Waals surface area contributed by atoms with Gasteiger partial charge in [0.2, 0.25) is 0 Å². The van der Waals surface area contributed by atoms with Gasteiger partial charge in [0.1, 0.15) is 5.58 Å². The van der Waals surface area contributed by atoms with Gasteiger partial charge < -0.3 is 14.1 Å². The number of aliphatic hydroxyl groups is 1. The van der Waals surface area contributed by atoms with Crippen molar-refractivity contribution in [1.29, 1.82) is 0 Å². The van der Waals surface area contributed by atoms with Crippen LogP contribution >= 0.6 is 7.14 Å². The second kappa shape index (κ2) is 9.37. The molecule has 1 heterocycles. The van der Waals surface area contributed by atoms with Crippen molar-refractivity contribution in [2.75, 3.05) is 0 Å². The number of fused-ring (bicyclic) bond motifs is 1. The van der Waals surface area contributed by atoms with E-state index in [2.05, 4.69) is 0 Å². The van der Waals surface area contributed by atoms with Gasteiger partial charge in [0, 0.05) is 16.0 Å². The van der Waals surface area contributed by atoms with Crippen LogP contribution < -0.4 is 15.9 Å². The minimum atomic E-state index is -3.50. The molecule has 0 aliphatic rings. The van der Waals surface area contributed by atoms with Gasteiger partial charge in [-0.2, -0.15) is 0 Å². The van der Waals surface area contributed by atoms with E-state index in [1.54, 1.807) is 0 Å². The van der Waals surface area contributed by atoms with E-state index in [-0.39, 0.29) is 5.76 Å². The average Bonchev–Trinajstić information content (AvgIpc) is 3.39. The number of hydrogen-bond acceptors (Lipinski definition) is 3. The Morgan fingerprint density at radius 1 is 0.541 bits per heavy atom. The number of furan rings is 1. The molecule has 0 bridgehead atoms. The van der Waals surface area contributed by atoms with E-state index in [1.165, 1.54) is 0 Å². The lowest BCUT2D eigenvalue weighted by atomic mass is 9.84. The zero-order valence-electron chi connectivity index (χ0n) is 20.1. The quantitative estimate of drug-likeness (QED) is 0.271. The molecule has 0 unspecified atom stereocenters. The zero-order chi connectivity index (χ0) is 25.3. The first kappa shape index (κ1) is 23.2. The SMILES string of the molecule is O=P(c1ccccc1)(c1ccccc1)c1c(C(O)(c2ccccc2)c2ccccc2)oc2ccccc12. The Bertz CT molecular complexity index is 1610. The highest BCUT2D eigenvalue weighted by atomic mass is 31.2. The van der Waals surface area contributed by atoms with Crippen molar-refractivity contribution in [2.45, 2.75) is 5.60 Å². The molecular formula is C33H25O3P.